The zero-order chi connectivity index (χ0) is 22.8. The topological polar surface area (TPSA) is 55.7 Å². The molecule has 0 spiro atoms. The predicted octanol–water partition coefficient (Wildman–Crippen LogP) is 6.52. The van der Waals surface area contributed by atoms with Crippen LogP contribution in [0.3, 0.4) is 0 Å². The Bertz CT molecular complexity index is 1090. The van der Waals surface area contributed by atoms with Crippen LogP contribution < -0.4 is 0 Å². The smallest absolute Gasteiger partial charge is 0.315 e. The Labute approximate surface area is 198 Å². The van der Waals surface area contributed by atoms with E-state index in [4.69, 9.17) is 32.9 Å². The lowest BCUT2D eigenvalue weighted by Gasteiger charge is -2.36. The maximum absolute atomic E-state index is 13.5. The number of halogens is 2. The summed E-state index contributed by atoms with van der Waals surface area (Å²) in [7, 11) is 0. The molecule has 0 radical (unpaired) electrons. The van der Waals surface area contributed by atoms with Crippen LogP contribution in [0, 0.1) is 5.92 Å². The maximum atomic E-state index is 13.5. The van der Waals surface area contributed by atoms with E-state index < -0.39 is 11.8 Å². The average molecular weight is 470 g/mol. The summed E-state index contributed by atoms with van der Waals surface area (Å²) in [6.07, 6.45) is 1.74. The van der Waals surface area contributed by atoms with E-state index in [-0.39, 0.29) is 17.7 Å². The van der Waals surface area contributed by atoms with Gasteiger partial charge in [0.2, 0.25) is 0 Å². The quantitative estimate of drug-likeness (QED) is 0.468. The number of Topliss-reactive ketones (excluding diaryl/α,β-unsaturated/α-hetero) is 1. The number of aliphatic imine (C=N–C) groups is 1. The summed E-state index contributed by atoms with van der Waals surface area (Å²) in [6.45, 7) is 4.14. The standard InChI is InChI=1S/C26H25Cl2NO3/c1-3-12-32-26(31)23-15(2)29-21-13-18(16-4-8-19(27)9-5-16)14-22(30)25(21)24(23)17-6-10-20(28)11-7-17/h4-11,18,23-24H,3,12-14H2,1-2H3/t18-,23?,24+/m1/s1. The summed E-state index contributed by atoms with van der Waals surface area (Å²) in [5.41, 5.74) is 4.00. The highest BCUT2D eigenvalue weighted by Gasteiger charge is 2.44. The SMILES string of the molecule is CCCOC(=O)C1C(C)=NC2=C(C(=O)C[C@H](c3ccc(Cl)cc3)C2)[C@H]1c1ccc(Cl)cc1. The molecule has 1 aliphatic heterocycles. The van der Waals surface area contributed by atoms with E-state index in [1.807, 2.05) is 50.2 Å². The molecule has 0 aromatic heterocycles. The van der Waals surface area contributed by atoms with Gasteiger partial charge in [0.05, 0.1) is 6.61 Å². The van der Waals surface area contributed by atoms with Crippen molar-refractivity contribution in [2.24, 2.45) is 10.9 Å². The lowest BCUT2D eigenvalue weighted by atomic mass is 9.69. The first kappa shape index (κ1) is 22.8. The highest BCUT2D eigenvalue weighted by atomic mass is 35.5. The van der Waals surface area contributed by atoms with Crippen molar-refractivity contribution in [3.05, 3.63) is 81.0 Å². The number of ether oxygens (including phenoxy) is 1. The lowest BCUT2D eigenvalue weighted by molar-refractivity contribution is -0.146. The van der Waals surface area contributed by atoms with Crippen LogP contribution >= 0.6 is 23.2 Å². The highest BCUT2D eigenvalue weighted by Crippen LogP contribution is 2.47. The molecule has 0 saturated heterocycles. The van der Waals surface area contributed by atoms with Crippen LogP contribution in [-0.4, -0.2) is 24.1 Å². The van der Waals surface area contributed by atoms with Crippen LogP contribution in [0.25, 0.3) is 0 Å². The van der Waals surface area contributed by atoms with Crippen LogP contribution in [0.5, 0.6) is 0 Å². The second-order valence-electron chi connectivity index (χ2n) is 8.37. The predicted molar refractivity (Wildman–Crippen MR) is 128 cm³/mol. The van der Waals surface area contributed by atoms with Crippen LogP contribution in [0.1, 0.15) is 56.1 Å². The van der Waals surface area contributed by atoms with Crippen molar-refractivity contribution in [3.63, 3.8) is 0 Å². The van der Waals surface area contributed by atoms with Crippen molar-refractivity contribution in [2.75, 3.05) is 6.61 Å². The van der Waals surface area contributed by atoms with Gasteiger partial charge in [-0.1, -0.05) is 54.4 Å². The van der Waals surface area contributed by atoms with E-state index in [0.717, 1.165) is 23.2 Å². The van der Waals surface area contributed by atoms with Crippen molar-refractivity contribution in [3.8, 4) is 0 Å². The number of esters is 1. The van der Waals surface area contributed by atoms with Crippen LogP contribution in [0.4, 0.5) is 0 Å². The van der Waals surface area contributed by atoms with Gasteiger partial charge in [-0.2, -0.15) is 0 Å². The molecule has 2 aliphatic rings. The van der Waals surface area contributed by atoms with Gasteiger partial charge in [-0.25, -0.2) is 0 Å². The van der Waals surface area contributed by atoms with Gasteiger partial charge < -0.3 is 4.74 Å². The van der Waals surface area contributed by atoms with Crippen molar-refractivity contribution < 1.29 is 14.3 Å². The molecular weight excluding hydrogens is 445 g/mol. The fourth-order valence-electron chi connectivity index (χ4n) is 4.66. The Morgan fingerprint density at radius 3 is 2.19 bits per heavy atom. The van der Waals surface area contributed by atoms with Crippen molar-refractivity contribution in [1.29, 1.82) is 0 Å². The second kappa shape index (κ2) is 9.60. The largest absolute Gasteiger partial charge is 0.465 e. The molecule has 1 unspecified atom stereocenters. The Morgan fingerprint density at radius 1 is 1.00 bits per heavy atom. The number of ketones is 1. The molecule has 32 heavy (non-hydrogen) atoms. The molecule has 1 heterocycles. The molecule has 4 rings (SSSR count). The van der Waals surface area contributed by atoms with Crippen LogP contribution in [0.15, 0.2) is 64.8 Å². The molecule has 4 nitrogen and oxygen atoms in total. The third-order valence-electron chi connectivity index (χ3n) is 6.16. The second-order valence-corrected chi connectivity index (χ2v) is 9.24. The maximum Gasteiger partial charge on any atom is 0.315 e. The fraction of sp³-hybridized carbons (Fsp3) is 0.346. The summed E-state index contributed by atoms with van der Waals surface area (Å²) in [4.78, 5) is 31.3. The number of hydrogen-bond acceptors (Lipinski definition) is 4. The summed E-state index contributed by atoms with van der Waals surface area (Å²) >= 11 is 12.1. The Kier molecular flexibility index (Phi) is 6.82. The summed E-state index contributed by atoms with van der Waals surface area (Å²) in [5, 5.41) is 1.27. The molecule has 1 aliphatic carbocycles. The van der Waals surface area contributed by atoms with Gasteiger partial charge in [0.1, 0.15) is 5.92 Å². The third-order valence-corrected chi connectivity index (χ3v) is 6.67. The third kappa shape index (κ3) is 4.53. The number of benzene rings is 2. The zero-order valence-corrected chi connectivity index (χ0v) is 19.6. The molecule has 0 N–H and O–H groups in total. The Morgan fingerprint density at radius 2 is 1.59 bits per heavy atom. The first-order chi connectivity index (χ1) is 15.4. The zero-order valence-electron chi connectivity index (χ0n) is 18.1. The minimum Gasteiger partial charge on any atom is -0.465 e. The number of allylic oxidation sites excluding steroid dienone is 2. The normalized spacial score (nSPS) is 22.9. The number of carbonyl (C=O) groups excluding carboxylic acids is 2. The number of rotatable bonds is 5. The van der Waals surface area contributed by atoms with Gasteiger partial charge in [-0.3, -0.25) is 14.6 Å². The molecular formula is C26H25Cl2NO3. The van der Waals surface area contributed by atoms with E-state index >= 15 is 0 Å². The van der Waals surface area contributed by atoms with Gasteiger partial charge >= 0.3 is 5.97 Å². The molecule has 0 amide bonds. The molecule has 3 atom stereocenters. The average Bonchev–Trinajstić information content (AvgIpc) is 2.77. The first-order valence-electron chi connectivity index (χ1n) is 10.9. The monoisotopic (exact) mass is 469 g/mol. The molecule has 166 valence electrons. The van der Waals surface area contributed by atoms with Crippen molar-refractivity contribution in [2.45, 2.75) is 44.9 Å². The van der Waals surface area contributed by atoms with Crippen molar-refractivity contribution >= 4 is 40.7 Å². The van der Waals surface area contributed by atoms with Gasteiger partial charge in [-0.15, -0.1) is 0 Å². The van der Waals surface area contributed by atoms with Crippen LogP contribution in [-0.2, 0) is 14.3 Å². The van der Waals surface area contributed by atoms with Gasteiger partial charge in [0, 0.05) is 39.4 Å². The molecule has 0 fully saturated rings. The van der Waals surface area contributed by atoms with E-state index in [2.05, 4.69) is 0 Å². The number of carbonyl (C=O) groups is 2. The fourth-order valence-corrected chi connectivity index (χ4v) is 4.91. The summed E-state index contributed by atoms with van der Waals surface area (Å²) in [6, 6.07) is 15.0. The number of nitrogens with zero attached hydrogens (tertiary/aromatic N) is 1. The first-order valence-corrected chi connectivity index (χ1v) is 11.6. The minimum absolute atomic E-state index is 0.0238. The summed E-state index contributed by atoms with van der Waals surface area (Å²) in [5.74, 6) is -1.34. The molecule has 0 saturated carbocycles. The van der Waals surface area contributed by atoms with Gasteiger partial charge in [-0.05, 0) is 61.1 Å². The van der Waals surface area contributed by atoms with E-state index in [9.17, 15) is 9.59 Å². The molecule has 2 aromatic rings. The van der Waals surface area contributed by atoms with Crippen molar-refractivity contribution in [1.82, 2.24) is 0 Å². The Hall–Kier alpha value is -2.43. The van der Waals surface area contributed by atoms with E-state index in [1.54, 1.807) is 12.1 Å². The molecule has 6 heteroatoms. The van der Waals surface area contributed by atoms with Crippen LogP contribution in [0.2, 0.25) is 10.0 Å². The van der Waals surface area contributed by atoms with E-state index in [0.29, 0.717) is 40.8 Å². The number of hydrogen-bond donors (Lipinski definition) is 0. The Balaban J connectivity index is 1.76. The van der Waals surface area contributed by atoms with E-state index in [1.165, 1.54) is 0 Å². The lowest BCUT2D eigenvalue weighted by Crippen LogP contribution is -2.38. The van der Waals surface area contributed by atoms with Gasteiger partial charge in [0.15, 0.2) is 5.78 Å². The summed E-state index contributed by atoms with van der Waals surface area (Å²) < 4.78 is 5.50. The highest BCUT2D eigenvalue weighted by molar-refractivity contribution is 6.30. The van der Waals surface area contributed by atoms with Gasteiger partial charge in [0.25, 0.3) is 0 Å². The minimum atomic E-state index is -0.627. The molecule has 2 aromatic carbocycles. The molecule has 0 bridgehead atoms.